The molecule has 0 aliphatic rings. The van der Waals surface area contributed by atoms with E-state index in [4.69, 9.17) is 21.2 Å². The fraction of sp³-hybridized carbons (Fsp3) is 0.250. The molecule has 0 saturated carbocycles. The molecule has 0 aliphatic carbocycles. The minimum Gasteiger partial charge on any atom is -0.383 e. The Hall–Kier alpha value is -3.19. The highest BCUT2D eigenvalue weighted by molar-refractivity contribution is 5.92. The van der Waals surface area contributed by atoms with Crippen LogP contribution in [0, 0.1) is 13.8 Å². The highest BCUT2D eigenvalue weighted by Crippen LogP contribution is 2.30. The molecule has 2 aromatic heterocycles. The van der Waals surface area contributed by atoms with Crippen LogP contribution in [-0.2, 0) is 11.3 Å². The second kappa shape index (κ2) is 6.51. The molecule has 0 radical (unpaired) electrons. The van der Waals surface area contributed by atoms with Gasteiger partial charge in [-0.2, -0.15) is 4.98 Å². The summed E-state index contributed by atoms with van der Waals surface area (Å²) in [6.07, 6.45) is 0. The van der Waals surface area contributed by atoms with E-state index in [2.05, 4.69) is 40.5 Å². The number of aromatic nitrogens is 4. The first kappa shape index (κ1) is 17.2. The Balaban J connectivity index is 1.95. The van der Waals surface area contributed by atoms with Crippen LogP contribution >= 0.6 is 0 Å². The highest BCUT2D eigenvalue weighted by Gasteiger charge is 2.15. The minimum absolute atomic E-state index is 0.163. The van der Waals surface area contributed by atoms with Crippen molar-refractivity contribution in [2.75, 3.05) is 25.2 Å². The number of fused-ring (bicyclic) bond motifs is 2. The smallest absolute Gasteiger partial charge is 0.222 e. The molecule has 138 valence electrons. The number of methoxy groups -OCH3 is 1. The predicted octanol–water partition coefficient (Wildman–Crippen LogP) is 3.07. The third-order valence-corrected chi connectivity index (χ3v) is 4.88. The summed E-state index contributed by atoms with van der Waals surface area (Å²) in [6, 6.07) is 10.2. The fourth-order valence-corrected chi connectivity index (χ4v) is 3.32. The van der Waals surface area contributed by atoms with Crippen LogP contribution in [0.2, 0.25) is 0 Å². The lowest BCUT2D eigenvalue weighted by atomic mass is 10.1. The molecule has 7 nitrogen and oxygen atoms in total. The van der Waals surface area contributed by atoms with Crippen LogP contribution in [0.25, 0.3) is 33.3 Å². The number of hydrogen-bond acceptors (Lipinski definition) is 6. The molecule has 4 N–H and O–H groups in total. The topological polar surface area (TPSA) is 105 Å². The van der Waals surface area contributed by atoms with Crippen LogP contribution in [0.5, 0.6) is 0 Å². The largest absolute Gasteiger partial charge is 0.383 e. The summed E-state index contributed by atoms with van der Waals surface area (Å²) in [5.41, 5.74) is 17.9. The van der Waals surface area contributed by atoms with Gasteiger partial charge in [0.2, 0.25) is 5.95 Å². The van der Waals surface area contributed by atoms with E-state index in [-0.39, 0.29) is 5.95 Å². The molecule has 0 unspecified atom stereocenters. The summed E-state index contributed by atoms with van der Waals surface area (Å²) in [7, 11) is 1.70. The van der Waals surface area contributed by atoms with Gasteiger partial charge in [0.05, 0.1) is 23.2 Å². The number of benzene rings is 2. The molecular formula is C20H22N6O. The van der Waals surface area contributed by atoms with Gasteiger partial charge in [-0.15, -0.1) is 0 Å². The average Bonchev–Trinajstić information content (AvgIpc) is 2.97. The second-order valence-corrected chi connectivity index (χ2v) is 6.70. The molecule has 0 saturated heterocycles. The second-order valence-electron chi connectivity index (χ2n) is 6.70. The Kier molecular flexibility index (Phi) is 4.16. The van der Waals surface area contributed by atoms with E-state index in [9.17, 15) is 0 Å². The zero-order valence-corrected chi connectivity index (χ0v) is 15.7. The van der Waals surface area contributed by atoms with Crippen LogP contribution in [-0.4, -0.2) is 33.2 Å². The Morgan fingerprint density at radius 2 is 1.74 bits per heavy atom. The number of ether oxygens (including phenoxy) is 1. The van der Waals surface area contributed by atoms with Crippen LogP contribution in [0.3, 0.4) is 0 Å². The lowest BCUT2D eigenvalue weighted by Gasteiger charge is -2.10. The molecule has 0 aliphatic heterocycles. The maximum atomic E-state index is 5.97. The molecule has 0 amide bonds. The lowest BCUT2D eigenvalue weighted by Crippen LogP contribution is -2.06. The number of nitrogens with two attached hydrogens (primary N) is 2. The van der Waals surface area contributed by atoms with Crippen molar-refractivity contribution >= 4 is 33.7 Å². The van der Waals surface area contributed by atoms with E-state index >= 15 is 0 Å². The number of hydrogen-bond donors (Lipinski definition) is 2. The predicted molar refractivity (Wildman–Crippen MR) is 108 cm³/mol. The maximum absolute atomic E-state index is 5.97. The van der Waals surface area contributed by atoms with Crippen molar-refractivity contribution in [3.05, 3.63) is 41.5 Å². The Morgan fingerprint density at radius 3 is 2.52 bits per heavy atom. The summed E-state index contributed by atoms with van der Waals surface area (Å²) in [5, 5.41) is 0.777. The van der Waals surface area contributed by atoms with Crippen molar-refractivity contribution in [3.63, 3.8) is 0 Å². The minimum atomic E-state index is 0.163. The maximum Gasteiger partial charge on any atom is 0.222 e. The van der Waals surface area contributed by atoms with Crippen molar-refractivity contribution in [3.8, 4) is 11.4 Å². The van der Waals surface area contributed by atoms with Gasteiger partial charge in [-0.3, -0.25) is 0 Å². The lowest BCUT2D eigenvalue weighted by molar-refractivity contribution is 0.188. The molecule has 0 atom stereocenters. The normalized spacial score (nSPS) is 11.5. The quantitative estimate of drug-likeness (QED) is 0.578. The Bertz CT molecular complexity index is 1160. The zero-order valence-electron chi connectivity index (χ0n) is 15.7. The molecule has 0 spiro atoms. The van der Waals surface area contributed by atoms with Crippen molar-refractivity contribution in [1.29, 1.82) is 0 Å². The van der Waals surface area contributed by atoms with E-state index < -0.39 is 0 Å². The molecule has 0 bridgehead atoms. The van der Waals surface area contributed by atoms with Crippen molar-refractivity contribution < 1.29 is 4.74 Å². The SMILES string of the molecule is COCCn1c(-c2ccc3c(N)nc(N)nc3c2)nc2cc(C)c(C)cc21. The average molecular weight is 362 g/mol. The van der Waals surface area contributed by atoms with Crippen LogP contribution in [0.4, 0.5) is 11.8 Å². The highest BCUT2D eigenvalue weighted by atomic mass is 16.5. The molecular weight excluding hydrogens is 340 g/mol. The molecule has 4 rings (SSSR count). The zero-order chi connectivity index (χ0) is 19.1. The van der Waals surface area contributed by atoms with Crippen molar-refractivity contribution in [2.24, 2.45) is 0 Å². The summed E-state index contributed by atoms with van der Waals surface area (Å²) in [6.45, 7) is 5.51. The van der Waals surface area contributed by atoms with Crippen LogP contribution in [0.15, 0.2) is 30.3 Å². The van der Waals surface area contributed by atoms with Gasteiger partial charge < -0.3 is 20.8 Å². The third-order valence-electron chi connectivity index (χ3n) is 4.88. The summed E-state index contributed by atoms with van der Waals surface area (Å²) < 4.78 is 7.49. The van der Waals surface area contributed by atoms with Gasteiger partial charge in [0, 0.05) is 24.6 Å². The molecule has 2 aromatic carbocycles. The fourth-order valence-electron chi connectivity index (χ4n) is 3.32. The molecule has 2 heterocycles. The number of anilines is 2. The number of nitrogen functional groups attached to an aromatic ring is 2. The molecule has 0 fully saturated rings. The van der Waals surface area contributed by atoms with E-state index in [0.717, 1.165) is 27.8 Å². The van der Waals surface area contributed by atoms with Crippen molar-refractivity contribution in [1.82, 2.24) is 19.5 Å². The van der Waals surface area contributed by atoms with Crippen molar-refractivity contribution in [2.45, 2.75) is 20.4 Å². The van der Waals surface area contributed by atoms with E-state index in [1.807, 2.05) is 18.2 Å². The Morgan fingerprint density at radius 1 is 0.963 bits per heavy atom. The van der Waals surface area contributed by atoms with Gasteiger partial charge >= 0.3 is 0 Å². The van der Waals surface area contributed by atoms with E-state index in [1.165, 1.54) is 11.1 Å². The summed E-state index contributed by atoms with van der Waals surface area (Å²) in [5.74, 6) is 1.41. The first-order valence-electron chi connectivity index (χ1n) is 8.77. The number of imidazole rings is 1. The van der Waals surface area contributed by atoms with Crippen LogP contribution < -0.4 is 11.5 Å². The van der Waals surface area contributed by atoms with E-state index in [1.54, 1.807) is 7.11 Å². The van der Waals surface area contributed by atoms with Gasteiger partial charge in [-0.05, 0) is 49.2 Å². The first-order valence-corrected chi connectivity index (χ1v) is 8.77. The van der Waals surface area contributed by atoms with Gasteiger partial charge in [0.1, 0.15) is 11.6 Å². The van der Waals surface area contributed by atoms with Gasteiger partial charge in [0.15, 0.2) is 0 Å². The van der Waals surface area contributed by atoms with Crippen LogP contribution in [0.1, 0.15) is 11.1 Å². The monoisotopic (exact) mass is 362 g/mol. The summed E-state index contributed by atoms with van der Waals surface area (Å²) >= 11 is 0. The number of aryl methyl sites for hydroxylation is 2. The number of rotatable bonds is 4. The molecule has 27 heavy (non-hydrogen) atoms. The summed E-state index contributed by atoms with van der Waals surface area (Å²) in [4.78, 5) is 13.2. The first-order chi connectivity index (χ1) is 13.0. The molecule has 7 heteroatoms. The van der Waals surface area contributed by atoms with Gasteiger partial charge in [-0.1, -0.05) is 6.07 Å². The third kappa shape index (κ3) is 2.96. The van der Waals surface area contributed by atoms with E-state index in [0.29, 0.717) is 24.5 Å². The van der Waals surface area contributed by atoms with Gasteiger partial charge in [0.25, 0.3) is 0 Å². The Labute approximate surface area is 157 Å². The molecule has 4 aromatic rings. The standard InChI is InChI=1S/C20H22N6O/c1-11-8-16-17(9-12(11)2)26(6-7-27-3)19(23-16)13-4-5-14-15(10-13)24-20(22)25-18(14)21/h4-5,8-10H,6-7H2,1-3H3,(H4,21,22,24,25). The number of nitrogens with zero attached hydrogens (tertiary/aromatic N) is 4. The van der Waals surface area contributed by atoms with Gasteiger partial charge in [-0.25, -0.2) is 9.97 Å².